The third-order valence-electron chi connectivity index (χ3n) is 6.66. The summed E-state index contributed by atoms with van der Waals surface area (Å²) in [5.41, 5.74) is 6.81. The van der Waals surface area contributed by atoms with Crippen molar-refractivity contribution in [3.63, 3.8) is 0 Å². The highest BCUT2D eigenvalue weighted by atomic mass is 14.2. The van der Waals surface area contributed by atoms with Crippen LogP contribution in [0.4, 0.5) is 0 Å². The van der Waals surface area contributed by atoms with Gasteiger partial charge in [-0.2, -0.15) is 0 Å². The van der Waals surface area contributed by atoms with Gasteiger partial charge in [0.05, 0.1) is 0 Å². The topological polar surface area (TPSA) is 0 Å². The van der Waals surface area contributed by atoms with Gasteiger partial charge in [0, 0.05) is 0 Å². The molecule has 0 radical (unpaired) electrons. The second-order valence-electron chi connectivity index (χ2n) is 9.64. The predicted molar refractivity (Wildman–Crippen MR) is 138 cm³/mol. The summed E-state index contributed by atoms with van der Waals surface area (Å²) < 4.78 is 0. The third-order valence-corrected chi connectivity index (χ3v) is 6.66. The van der Waals surface area contributed by atoms with Crippen molar-refractivity contribution in [2.45, 2.75) is 156 Å². The molecular formula is C30H54. The van der Waals surface area contributed by atoms with Crippen LogP contribution in [0.15, 0.2) is 12.1 Å². The molecule has 0 heterocycles. The molecule has 1 rings (SSSR count). The standard InChI is InChI=1S/C30H54/c1-5-9-12-15-18-22-28-25-27(21-8-4)26-29(23-19-16-13-10-6-2)30(28)24-20-17-14-11-7-3/h25-26H,5-24H2,1-4H3. The second kappa shape index (κ2) is 18.9. The van der Waals surface area contributed by atoms with E-state index >= 15 is 0 Å². The molecule has 0 aromatic heterocycles. The fourth-order valence-corrected chi connectivity index (χ4v) is 4.81. The fourth-order valence-electron chi connectivity index (χ4n) is 4.81. The normalized spacial score (nSPS) is 11.3. The van der Waals surface area contributed by atoms with Crippen molar-refractivity contribution in [1.82, 2.24) is 0 Å². The SMILES string of the molecule is CCCCCCCc1cc(CCC)cc(CCCCCCC)c1CCCCCCC. The molecule has 0 amide bonds. The lowest BCUT2D eigenvalue weighted by Crippen LogP contribution is -2.04. The van der Waals surface area contributed by atoms with E-state index in [4.69, 9.17) is 0 Å². The highest BCUT2D eigenvalue weighted by Gasteiger charge is 2.11. The van der Waals surface area contributed by atoms with Crippen molar-refractivity contribution in [3.8, 4) is 0 Å². The summed E-state index contributed by atoms with van der Waals surface area (Å²) >= 11 is 0. The van der Waals surface area contributed by atoms with Gasteiger partial charge in [-0.15, -0.1) is 0 Å². The summed E-state index contributed by atoms with van der Waals surface area (Å²) in [6.45, 7) is 9.28. The Bertz CT molecular complexity index is 478. The molecule has 0 heteroatoms. The Hall–Kier alpha value is -0.780. The van der Waals surface area contributed by atoms with Crippen LogP contribution < -0.4 is 0 Å². The lowest BCUT2D eigenvalue weighted by molar-refractivity contribution is 0.612. The summed E-state index contributed by atoms with van der Waals surface area (Å²) in [5, 5.41) is 0. The van der Waals surface area contributed by atoms with Crippen LogP contribution >= 0.6 is 0 Å². The summed E-state index contributed by atoms with van der Waals surface area (Å²) in [7, 11) is 0. The molecule has 30 heavy (non-hydrogen) atoms. The lowest BCUT2D eigenvalue weighted by atomic mass is 9.87. The van der Waals surface area contributed by atoms with Crippen molar-refractivity contribution in [2.75, 3.05) is 0 Å². The number of unbranched alkanes of at least 4 members (excludes halogenated alkanes) is 12. The van der Waals surface area contributed by atoms with Gasteiger partial charge >= 0.3 is 0 Å². The van der Waals surface area contributed by atoms with E-state index in [-0.39, 0.29) is 0 Å². The number of benzene rings is 1. The Balaban J connectivity index is 2.87. The van der Waals surface area contributed by atoms with Gasteiger partial charge in [-0.25, -0.2) is 0 Å². The van der Waals surface area contributed by atoms with Crippen LogP contribution in [-0.4, -0.2) is 0 Å². The largest absolute Gasteiger partial charge is 0.0654 e. The average Bonchev–Trinajstić information content (AvgIpc) is 2.74. The van der Waals surface area contributed by atoms with Crippen molar-refractivity contribution in [3.05, 3.63) is 34.4 Å². The van der Waals surface area contributed by atoms with Crippen LogP contribution in [-0.2, 0) is 25.7 Å². The molecule has 0 atom stereocenters. The van der Waals surface area contributed by atoms with Crippen LogP contribution in [0.1, 0.15) is 153 Å². The maximum absolute atomic E-state index is 2.60. The highest BCUT2D eigenvalue weighted by Crippen LogP contribution is 2.26. The highest BCUT2D eigenvalue weighted by molar-refractivity contribution is 5.40. The van der Waals surface area contributed by atoms with Crippen molar-refractivity contribution >= 4 is 0 Å². The first kappa shape index (κ1) is 27.3. The van der Waals surface area contributed by atoms with Gasteiger partial charge in [0.2, 0.25) is 0 Å². The van der Waals surface area contributed by atoms with Crippen LogP contribution in [0.3, 0.4) is 0 Å². The maximum atomic E-state index is 2.60. The van der Waals surface area contributed by atoms with Gasteiger partial charge in [0.15, 0.2) is 0 Å². The van der Waals surface area contributed by atoms with Gasteiger partial charge < -0.3 is 0 Å². The monoisotopic (exact) mass is 414 g/mol. The zero-order valence-electron chi connectivity index (χ0n) is 21.3. The third kappa shape index (κ3) is 12.2. The molecule has 0 saturated carbocycles. The van der Waals surface area contributed by atoms with E-state index in [1.165, 1.54) is 128 Å². The summed E-state index contributed by atoms with van der Waals surface area (Å²) in [6.07, 6.45) is 27.4. The van der Waals surface area contributed by atoms with Gasteiger partial charge in [-0.1, -0.05) is 123 Å². The minimum Gasteiger partial charge on any atom is -0.0654 e. The Labute approximate surface area is 190 Å². The summed E-state index contributed by atoms with van der Waals surface area (Å²) in [6, 6.07) is 5.20. The molecule has 0 unspecified atom stereocenters. The molecule has 0 nitrogen and oxygen atoms in total. The molecule has 0 N–H and O–H groups in total. The second-order valence-corrected chi connectivity index (χ2v) is 9.64. The molecule has 0 aliphatic heterocycles. The molecule has 174 valence electrons. The summed E-state index contributed by atoms with van der Waals surface area (Å²) in [5.74, 6) is 0. The smallest absolute Gasteiger partial charge is 0.0273 e. The first-order valence-electron chi connectivity index (χ1n) is 13.9. The fraction of sp³-hybridized carbons (Fsp3) is 0.800. The average molecular weight is 415 g/mol. The Morgan fingerprint density at radius 3 is 1.20 bits per heavy atom. The van der Waals surface area contributed by atoms with Gasteiger partial charge in [0.25, 0.3) is 0 Å². The minimum absolute atomic E-state index is 1.25. The quantitative estimate of drug-likeness (QED) is 0.186. The zero-order valence-corrected chi connectivity index (χ0v) is 21.3. The van der Waals surface area contributed by atoms with E-state index in [9.17, 15) is 0 Å². The van der Waals surface area contributed by atoms with Gasteiger partial charge in [-0.05, 0) is 67.2 Å². The minimum atomic E-state index is 1.25. The van der Waals surface area contributed by atoms with E-state index in [1.54, 1.807) is 22.3 Å². The molecule has 0 aliphatic carbocycles. The lowest BCUT2D eigenvalue weighted by Gasteiger charge is -2.18. The van der Waals surface area contributed by atoms with E-state index in [1.807, 2.05) is 0 Å². The predicted octanol–water partition coefficient (Wildman–Crippen LogP) is 10.2. The van der Waals surface area contributed by atoms with E-state index in [2.05, 4.69) is 39.8 Å². The first-order valence-corrected chi connectivity index (χ1v) is 13.9. The summed E-state index contributed by atoms with van der Waals surface area (Å²) in [4.78, 5) is 0. The maximum Gasteiger partial charge on any atom is -0.0273 e. The Morgan fingerprint density at radius 1 is 0.400 bits per heavy atom. The van der Waals surface area contributed by atoms with E-state index < -0.39 is 0 Å². The molecule has 0 saturated heterocycles. The first-order chi connectivity index (χ1) is 14.8. The molecule has 0 bridgehead atoms. The van der Waals surface area contributed by atoms with E-state index in [0.29, 0.717) is 0 Å². The van der Waals surface area contributed by atoms with E-state index in [0.717, 1.165) is 0 Å². The van der Waals surface area contributed by atoms with Crippen LogP contribution in [0, 0.1) is 0 Å². The Morgan fingerprint density at radius 2 is 0.800 bits per heavy atom. The van der Waals surface area contributed by atoms with Gasteiger partial charge in [0.1, 0.15) is 0 Å². The molecule has 0 fully saturated rings. The molecule has 1 aromatic rings. The molecule has 0 spiro atoms. The molecule has 0 aliphatic rings. The molecule has 1 aromatic carbocycles. The van der Waals surface area contributed by atoms with Crippen LogP contribution in [0.5, 0.6) is 0 Å². The van der Waals surface area contributed by atoms with Crippen molar-refractivity contribution in [2.24, 2.45) is 0 Å². The zero-order chi connectivity index (χ0) is 21.9. The van der Waals surface area contributed by atoms with Crippen LogP contribution in [0.2, 0.25) is 0 Å². The number of hydrogen-bond acceptors (Lipinski definition) is 0. The number of aryl methyl sites for hydroxylation is 3. The number of rotatable bonds is 20. The van der Waals surface area contributed by atoms with Crippen molar-refractivity contribution < 1.29 is 0 Å². The molecular weight excluding hydrogens is 360 g/mol. The van der Waals surface area contributed by atoms with Crippen molar-refractivity contribution in [1.29, 1.82) is 0 Å². The van der Waals surface area contributed by atoms with Crippen LogP contribution in [0.25, 0.3) is 0 Å². The van der Waals surface area contributed by atoms with Gasteiger partial charge in [-0.3, -0.25) is 0 Å². The number of hydrogen-bond donors (Lipinski definition) is 0. The Kier molecular flexibility index (Phi) is 17.2.